The maximum absolute atomic E-state index is 10.2. The van der Waals surface area contributed by atoms with Gasteiger partial charge in [0, 0.05) is 10.6 Å². The topological polar surface area (TPSA) is 50.2 Å². The Kier molecular flexibility index (Phi) is 3.74. The molecule has 1 aromatic heterocycles. The van der Waals surface area contributed by atoms with E-state index < -0.39 is 5.97 Å². The summed E-state index contributed by atoms with van der Waals surface area (Å²) in [6.07, 6.45) is 0.197. The molecule has 1 heterocycles. The minimum absolute atomic E-state index is 0.197. The zero-order chi connectivity index (χ0) is 9.84. The van der Waals surface area contributed by atoms with Gasteiger partial charge in [-0.15, -0.1) is 11.3 Å². The molecule has 0 amide bonds. The molecule has 0 unspecified atom stereocenters. The molecule has 0 saturated carbocycles. The van der Waals surface area contributed by atoms with Crippen LogP contribution in [0.15, 0.2) is 4.34 Å². The van der Waals surface area contributed by atoms with E-state index >= 15 is 0 Å². The van der Waals surface area contributed by atoms with Crippen LogP contribution in [0.1, 0.15) is 17.0 Å². The van der Waals surface area contributed by atoms with Crippen LogP contribution < -0.4 is 0 Å². The number of carbonyl (C=O) groups is 1. The second kappa shape index (κ2) is 4.62. The van der Waals surface area contributed by atoms with Crippen LogP contribution in [0.25, 0.3) is 0 Å². The molecular formula is C8H11NO2S2. The van der Waals surface area contributed by atoms with Gasteiger partial charge in [-0.2, -0.15) is 0 Å². The molecule has 0 aliphatic rings. The zero-order valence-electron chi connectivity index (χ0n) is 7.53. The number of carboxylic acids is 1. The monoisotopic (exact) mass is 217 g/mol. The molecule has 0 aliphatic carbocycles. The number of rotatable bonds is 4. The molecule has 0 bridgehead atoms. The Morgan fingerprint density at radius 2 is 2.31 bits per heavy atom. The van der Waals surface area contributed by atoms with E-state index in [4.69, 9.17) is 5.11 Å². The average Bonchev–Trinajstić information content (AvgIpc) is 2.30. The van der Waals surface area contributed by atoms with Gasteiger partial charge in [-0.1, -0.05) is 11.8 Å². The van der Waals surface area contributed by atoms with E-state index in [1.54, 1.807) is 11.3 Å². The summed E-state index contributed by atoms with van der Waals surface area (Å²) >= 11 is 3.14. The molecule has 1 N–H and O–H groups in total. The molecule has 0 saturated heterocycles. The molecule has 5 heteroatoms. The SMILES string of the molecule is Cc1nc(SCCC(=O)O)sc1C. The van der Waals surface area contributed by atoms with Crippen molar-refractivity contribution < 1.29 is 9.90 Å². The summed E-state index contributed by atoms with van der Waals surface area (Å²) in [4.78, 5) is 15.7. The molecule has 0 fully saturated rings. The fraction of sp³-hybridized carbons (Fsp3) is 0.500. The smallest absolute Gasteiger partial charge is 0.304 e. The second-order valence-corrected chi connectivity index (χ2v) is 5.16. The summed E-state index contributed by atoms with van der Waals surface area (Å²) in [5.74, 6) is -0.153. The second-order valence-electron chi connectivity index (χ2n) is 2.61. The molecule has 0 atom stereocenters. The maximum atomic E-state index is 10.2. The van der Waals surface area contributed by atoms with Gasteiger partial charge in [0.15, 0.2) is 0 Å². The molecule has 0 spiro atoms. The highest BCUT2D eigenvalue weighted by molar-refractivity contribution is 8.01. The van der Waals surface area contributed by atoms with Gasteiger partial charge in [0.2, 0.25) is 0 Å². The molecule has 1 aromatic rings. The van der Waals surface area contributed by atoms with Gasteiger partial charge in [0.25, 0.3) is 0 Å². The summed E-state index contributed by atoms with van der Waals surface area (Å²) in [7, 11) is 0. The first kappa shape index (κ1) is 10.5. The number of hydrogen-bond donors (Lipinski definition) is 1. The molecule has 0 radical (unpaired) electrons. The van der Waals surface area contributed by atoms with Crippen LogP contribution in [-0.2, 0) is 4.79 Å². The number of carboxylic acid groups (broad SMARTS) is 1. The Balaban J connectivity index is 2.41. The van der Waals surface area contributed by atoms with Crippen molar-refractivity contribution >= 4 is 29.1 Å². The van der Waals surface area contributed by atoms with Crippen molar-refractivity contribution in [2.24, 2.45) is 0 Å². The van der Waals surface area contributed by atoms with Crippen molar-refractivity contribution in [1.29, 1.82) is 0 Å². The van der Waals surface area contributed by atoms with Crippen molar-refractivity contribution in [2.75, 3.05) is 5.75 Å². The highest BCUT2D eigenvalue weighted by Crippen LogP contribution is 2.26. The van der Waals surface area contributed by atoms with E-state index in [-0.39, 0.29) is 6.42 Å². The first-order valence-electron chi connectivity index (χ1n) is 3.88. The van der Waals surface area contributed by atoms with Crippen molar-refractivity contribution in [2.45, 2.75) is 24.6 Å². The summed E-state index contributed by atoms with van der Waals surface area (Å²) in [6, 6.07) is 0. The first-order chi connectivity index (χ1) is 6.09. The van der Waals surface area contributed by atoms with E-state index in [0.717, 1.165) is 10.0 Å². The quantitative estimate of drug-likeness (QED) is 0.786. The molecule has 72 valence electrons. The summed E-state index contributed by atoms with van der Waals surface area (Å²) in [5.41, 5.74) is 1.04. The third-order valence-electron chi connectivity index (χ3n) is 1.55. The van der Waals surface area contributed by atoms with Crippen LogP contribution in [0.3, 0.4) is 0 Å². The lowest BCUT2D eigenvalue weighted by atomic mass is 10.4. The van der Waals surface area contributed by atoms with Gasteiger partial charge < -0.3 is 5.11 Å². The first-order valence-corrected chi connectivity index (χ1v) is 5.68. The van der Waals surface area contributed by atoms with Gasteiger partial charge in [-0.25, -0.2) is 4.98 Å². The van der Waals surface area contributed by atoms with Crippen molar-refractivity contribution in [1.82, 2.24) is 4.98 Å². The molecule has 13 heavy (non-hydrogen) atoms. The van der Waals surface area contributed by atoms with Crippen molar-refractivity contribution in [3.63, 3.8) is 0 Å². The van der Waals surface area contributed by atoms with Gasteiger partial charge in [0.05, 0.1) is 12.1 Å². The van der Waals surface area contributed by atoms with Gasteiger partial charge in [0.1, 0.15) is 4.34 Å². The Bertz CT molecular complexity index is 290. The van der Waals surface area contributed by atoms with E-state index in [1.165, 1.54) is 16.6 Å². The molecule has 3 nitrogen and oxygen atoms in total. The summed E-state index contributed by atoms with van der Waals surface area (Å²) in [5, 5.41) is 8.42. The number of hydrogen-bond acceptors (Lipinski definition) is 4. The number of aryl methyl sites for hydroxylation is 2. The van der Waals surface area contributed by atoms with Crippen molar-refractivity contribution in [3.8, 4) is 0 Å². The van der Waals surface area contributed by atoms with E-state index in [0.29, 0.717) is 5.75 Å². The number of aromatic nitrogens is 1. The third kappa shape index (κ3) is 3.36. The van der Waals surface area contributed by atoms with E-state index in [9.17, 15) is 4.79 Å². The number of thioether (sulfide) groups is 1. The Morgan fingerprint density at radius 1 is 1.62 bits per heavy atom. The van der Waals surface area contributed by atoms with Gasteiger partial charge in [-0.3, -0.25) is 4.79 Å². The van der Waals surface area contributed by atoms with Crippen LogP contribution in [0.5, 0.6) is 0 Å². The lowest BCUT2D eigenvalue weighted by Crippen LogP contribution is -1.95. The summed E-state index contributed by atoms with van der Waals surface area (Å²) < 4.78 is 0.969. The maximum Gasteiger partial charge on any atom is 0.304 e. The highest BCUT2D eigenvalue weighted by atomic mass is 32.2. The molecule has 1 rings (SSSR count). The molecule has 0 aliphatic heterocycles. The van der Waals surface area contributed by atoms with E-state index in [1.807, 2.05) is 13.8 Å². The van der Waals surface area contributed by atoms with Crippen LogP contribution in [0.4, 0.5) is 0 Å². The average molecular weight is 217 g/mol. The predicted molar refractivity (Wildman–Crippen MR) is 54.6 cm³/mol. The Hall–Kier alpha value is -0.550. The van der Waals surface area contributed by atoms with Gasteiger partial charge in [-0.05, 0) is 13.8 Å². The largest absolute Gasteiger partial charge is 0.481 e. The lowest BCUT2D eigenvalue weighted by Gasteiger charge is -1.91. The lowest BCUT2D eigenvalue weighted by molar-refractivity contribution is -0.136. The van der Waals surface area contributed by atoms with Crippen LogP contribution in [-0.4, -0.2) is 21.8 Å². The van der Waals surface area contributed by atoms with Gasteiger partial charge >= 0.3 is 5.97 Å². The fourth-order valence-corrected chi connectivity index (χ4v) is 2.88. The van der Waals surface area contributed by atoms with Crippen LogP contribution >= 0.6 is 23.1 Å². The minimum atomic E-state index is -0.752. The number of nitrogens with zero attached hydrogens (tertiary/aromatic N) is 1. The van der Waals surface area contributed by atoms with Crippen LogP contribution in [0.2, 0.25) is 0 Å². The van der Waals surface area contributed by atoms with Crippen molar-refractivity contribution in [3.05, 3.63) is 10.6 Å². The third-order valence-corrected chi connectivity index (χ3v) is 3.77. The fourth-order valence-electron chi connectivity index (χ4n) is 0.731. The molecular weight excluding hydrogens is 206 g/mol. The highest BCUT2D eigenvalue weighted by Gasteiger charge is 2.04. The Morgan fingerprint density at radius 3 is 2.77 bits per heavy atom. The number of thiazole rings is 1. The number of aliphatic carboxylic acids is 1. The Labute approximate surface area is 85.2 Å². The predicted octanol–water partition coefficient (Wildman–Crippen LogP) is 2.33. The zero-order valence-corrected chi connectivity index (χ0v) is 9.17. The van der Waals surface area contributed by atoms with E-state index in [2.05, 4.69) is 4.98 Å². The van der Waals surface area contributed by atoms with Crippen LogP contribution in [0, 0.1) is 13.8 Å². The minimum Gasteiger partial charge on any atom is -0.481 e. The summed E-state index contributed by atoms with van der Waals surface area (Å²) in [6.45, 7) is 3.99. The molecule has 0 aromatic carbocycles. The normalized spacial score (nSPS) is 10.3. The standard InChI is InChI=1S/C8H11NO2S2/c1-5-6(2)13-8(9-5)12-4-3-7(10)11/h3-4H2,1-2H3,(H,10,11).